The van der Waals surface area contributed by atoms with E-state index >= 15 is 0 Å². The molecule has 1 aliphatic heterocycles. The number of carbonyl (C=O) groups excluding carboxylic acids is 1. The molecule has 0 radical (unpaired) electrons. The number of hydrogen-bond donors (Lipinski definition) is 2. The van der Waals surface area contributed by atoms with Gasteiger partial charge in [-0.25, -0.2) is 0 Å². The van der Waals surface area contributed by atoms with Crippen LogP contribution in [0.5, 0.6) is 0 Å². The van der Waals surface area contributed by atoms with Crippen molar-refractivity contribution in [2.24, 2.45) is 5.73 Å². The number of rotatable bonds is 5. The molecular formula is C15H21N3O3. The molecule has 114 valence electrons. The molecule has 1 saturated heterocycles. The summed E-state index contributed by atoms with van der Waals surface area (Å²) in [5.74, 6) is -1.07. The van der Waals surface area contributed by atoms with E-state index < -0.39 is 12.0 Å². The van der Waals surface area contributed by atoms with E-state index in [2.05, 4.69) is 17.0 Å². The zero-order chi connectivity index (χ0) is 15.2. The number of carboxylic acids is 1. The molecule has 0 aliphatic carbocycles. The predicted octanol–water partition coefficient (Wildman–Crippen LogP) is 0.527. The van der Waals surface area contributed by atoms with Crippen LogP contribution in [0.4, 0.5) is 5.69 Å². The first-order valence-electron chi connectivity index (χ1n) is 7.14. The van der Waals surface area contributed by atoms with Crippen molar-refractivity contribution in [2.45, 2.75) is 18.9 Å². The van der Waals surface area contributed by atoms with Crippen molar-refractivity contribution in [2.75, 3.05) is 31.1 Å². The molecule has 3 N–H and O–H groups in total. The van der Waals surface area contributed by atoms with Crippen LogP contribution in [0, 0.1) is 0 Å². The standard InChI is InChI=1S/C15H21N3O3/c16-13(6-7-14(19)20)15(21)18-10-8-17(9-11-18)12-4-2-1-3-5-12/h1-5,13H,6-11,16H2,(H,19,20). The maximum absolute atomic E-state index is 12.1. The highest BCUT2D eigenvalue weighted by molar-refractivity contribution is 5.82. The van der Waals surface area contributed by atoms with Gasteiger partial charge in [-0.3, -0.25) is 9.59 Å². The highest BCUT2D eigenvalue weighted by Gasteiger charge is 2.25. The Labute approximate surface area is 124 Å². The smallest absolute Gasteiger partial charge is 0.303 e. The second-order valence-electron chi connectivity index (χ2n) is 5.19. The van der Waals surface area contributed by atoms with E-state index in [1.165, 1.54) is 0 Å². The second kappa shape index (κ2) is 7.08. The molecule has 0 saturated carbocycles. The van der Waals surface area contributed by atoms with Gasteiger partial charge >= 0.3 is 5.97 Å². The van der Waals surface area contributed by atoms with Gasteiger partial charge in [-0.05, 0) is 18.6 Å². The van der Waals surface area contributed by atoms with Gasteiger partial charge in [0.1, 0.15) is 0 Å². The van der Waals surface area contributed by atoms with Crippen LogP contribution in [0.2, 0.25) is 0 Å². The first-order chi connectivity index (χ1) is 10.1. The lowest BCUT2D eigenvalue weighted by Crippen LogP contribution is -2.53. The summed E-state index contributed by atoms with van der Waals surface area (Å²) >= 11 is 0. The van der Waals surface area contributed by atoms with Gasteiger partial charge in [-0.1, -0.05) is 18.2 Å². The first-order valence-corrected chi connectivity index (χ1v) is 7.14. The summed E-state index contributed by atoms with van der Waals surface area (Å²) in [6.07, 6.45) is 0.115. The minimum Gasteiger partial charge on any atom is -0.481 e. The SMILES string of the molecule is NC(CCC(=O)O)C(=O)N1CCN(c2ccccc2)CC1. The van der Waals surface area contributed by atoms with Gasteiger partial charge in [0.05, 0.1) is 6.04 Å². The lowest BCUT2D eigenvalue weighted by Gasteiger charge is -2.37. The molecule has 1 amide bonds. The first kappa shape index (κ1) is 15.3. The normalized spacial score (nSPS) is 16.6. The molecule has 1 fully saturated rings. The average molecular weight is 291 g/mol. The van der Waals surface area contributed by atoms with Crippen LogP contribution in [0.3, 0.4) is 0 Å². The summed E-state index contributed by atoms with van der Waals surface area (Å²) in [6, 6.07) is 9.35. The van der Waals surface area contributed by atoms with Crippen LogP contribution in [-0.2, 0) is 9.59 Å². The number of nitrogens with two attached hydrogens (primary N) is 1. The van der Waals surface area contributed by atoms with Gasteiger partial charge in [-0.15, -0.1) is 0 Å². The van der Waals surface area contributed by atoms with Crippen LogP contribution in [0.15, 0.2) is 30.3 Å². The van der Waals surface area contributed by atoms with Gasteiger partial charge in [0.25, 0.3) is 0 Å². The van der Waals surface area contributed by atoms with Crippen molar-refractivity contribution in [3.8, 4) is 0 Å². The fraction of sp³-hybridized carbons (Fsp3) is 0.467. The molecule has 1 heterocycles. The molecule has 1 aromatic carbocycles. The third-order valence-electron chi connectivity index (χ3n) is 3.70. The molecular weight excluding hydrogens is 270 g/mol. The van der Waals surface area contributed by atoms with Gasteiger partial charge in [0.15, 0.2) is 0 Å². The van der Waals surface area contributed by atoms with Crippen LogP contribution >= 0.6 is 0 Å². The molecule has 0 bridgehead atoms. The Morgan fingerprint density at radius 1 is 1.14 bits per heavy atom. The summed E-state index contributed by atoms with van der Waals surface area (Å²) in [6.45, 7) is 2.77. The molecule has 0 spiro atoms. The molecule has 1 unspecified atom stereocenters. The van der Waals surface area contributed by atoms with E-state index in [4.69, 9.17) is 10.8 Å². The number of amides is 1. The van der Waals surface area contributed by atoms with Crippen LogP contribution < -0.4 is 10.6 Å². The topological polar surface area (TPSA) is 86.9 Å². The Hall–Kier alpha value is -2.08. The van der Waals surface area contributed by atoms with Crippen LogP contribution in [-0.4, -0.2) is 54.1 Å². The molecule has 1 aromatic rings. The van der Waals surface area contributed by atoms with Crippen molar-refractivity contribution in [3.63, 3.8) is 0 Å². The minimum absolute atomic E-state index is 0.0725. The quantitative estimate of drug-likeness (QED) is 0.826. The third-order valence-corrected chi connectivity index (χ3v) is 3.70. The lowest BCUT2D eigenvalue weighted by molar-refractivity contribution is -0.137. The van der Waals surface area contributed by atoms with Crippen molar-refractivity contribution in [3.05, 3.63) is 30.3 Å². The Bertz CT molecular complexity index is 484. The summed E-state index contributed by atoms with van der Waals surface area (Å²) < 4.78 is 0. The average Bonchev–Trinajstić information content (AvgIpc) is 2.53. The summed E-state index contributed by atoms with van der Waals surface area (Å²) in [5, 5.41) is 8.63. The Morgan fingerprint density at radius 3 is 2.33 bits per heavy atom. The zero-order valence-corrected chi connectivity index (χ0v) is 11.9. The van der Waals surface area contributed by atoms with Crippen molar-refractivity contribution in [1.29, 1.82) is 0 Å². The second-order valence-corrected chi connectivity index (χ2v) is 5.19. The third kappa shape index (κ3) is 4.19. The van der Waals surface area contributed by atoms with E-state index in [0.717, 1.165) is 18.8 Å². The Balaban J connectivity index is 1.83. The fourth-order valence-corrected chi connectivity index (χ4v) is 2.46. The van der Waals surface area contributed by atoms with Gasteiger partial charge in [0, 0.05) is 38.3 Å². The van der Waals surface area contributed by atoms with Crippen molar-refractivity contribution < 1.29 is 14.7 Å². The lowest BCUT2D eigenvalue weighted by atomic mass is 10.1. The van der Waals surface area contributed by atoms with E-state index in [-0.39, 0.29) is 18.7 Å². The maximum Gasteiger partial charge on any atom is 0.303 e. The number of carbonyl (C=O) groups is 2. The molecule has 6 nitrogen and oxygen atoms in total. The molecule has 1 atom stereocenters. The van der Waals surface area contributed by atoms with Crippen molar-refractivity contribution in [1.82, 2.24) is 4.90 Å². The number of benzene rings is 1. The Kier molecular flexibility index (Phi) is 5.16. The number of nitrogens with zero attached hydrogens (tertiary/aromatic N) is 2. The number of hydrogen-bond acceptors (Lipinski definition) is 4. The monoisotopic (exact) mass is 291 g/mol. The van der Waals surface area contributed by atoms with Gasteiger partial charge in [-0.2, -0.15) is 0 Å². The zero-order valence-electron chi connectivity index (χ0n) is 11.9. The summed E-state index contributed by atoms with van der Waals surface area (Å²) in [4.78, 5) is 26.6. The largest absolute Gasteiger partial charge is 0.481 e. The van der Waals surface area contributed by atoms with Crippen LogP contribution in [0.1, 0.15) is 12.8 Å². The van der Waals surface area contributed by atoms with E-state index in [1.54, 1.807) is 4.90 Å². The molecule has 0 aromatic heterocycles. The highest BCUT2D eigenvalue weighted by Crippen LogP contribution is 2.16. The summed E-state index contributed by atoms with van der Waals surface area (Å²) in [7, 11) is 0. The Morgan fingerprint density at radius 2 is 1.76 bits per heavy atom. The van der Waals surface area contributed by atoms with Gasteiger partial charge in [0.2, 0.25) is 5.91 Å². The minimum atomic E-state index is -0.924. The maximum atomic E-state index is 12.1. The van der Waals surface area contributed by atoms with E-state index in [0.29, 0.717) is 13.1 Å². The van der Waals surface area contributed by atoms with Crippen LogP contribution in [0.25, 0.3) is 0 Å². The predicted molar refractivity (Wildman–Crippen MR) is 80.1 cm³/mol. The van der Waals surface area contributed by atoms with E-state index in [9.17, 15) is 9.59 Å². The molecule has 6 heteroatoms. The number of aliphatic carboxylic acids is 1. The number of anilines is 1. The van der Waals surface area contributed by atoms with Gasteiger partial charge < -0.3 is 20.6 Å². The summed E-state index contributed by atoms with van der Waals surface area (Å²) in [5.41, 5.74) is 6.93. The van der Waals surface area contributed by atoms with Crippen molar-refractivity contribution >= 4 is 17.6 Å². The molecule has 2 rings (SSSR count). The van der Waals surface area contributed by atoms with E-state index in [1.807, 2.05) is 18.2 Å². The number of carboxylic acid groups (broad SMARTS) is 1. The molecule has 21 heavy (non-hydrogen) atoms. The molecule has 1 aliphatic rings. The fourth-order valence-electron chi connectivity index (χ4n) is 2.46. The highest BCUT2D eigenvalue weighted by atomic mass is 16.4. The number of para-hydroxylation sites is 1. The number of piperazine rings is 1.